The standard InChI is InChI=1S/C28H24N2O3/c31-25(21-10-4-1-5-11-21)17-18-26(32)30-24-16-19-27(29-20-24)33-28(22-12-6-2-7-13-22)23-14-8-3-9-15-23/h1-16,19-20,28H,17-18H2,(H,30,32). The topological polar surface area (TPSA) is 68.3 Å². The van der Waals surface area contributed by atoms with E-state index in [1.165, 1.54) is 0 Å². The van der Waals surface area contributed by atoms with E-state index >= 15 is 0 Å². The molecule has 1 N–H and O–H groups in total. The molecule has 5 heteroatoms. The molecule has 33 heavy (non-hydrogen) atoms. The van der Waals surface area contributed by atoms with E-state index in [1.54, 1.807) is 30.5 Å². The number of hydrogen-bond donors (Lipinski definition) is 1. The molecular formula is C28H24N2O3. The molecule has 0 aliphatic carbocycles. The van der Waals surface area contributed by atoms with Gasteiger partial charge in [-0.1, -0.05) is 91.0 Å². The Morgan fingerprint density at radius 1 is 0.727 bits per heavy atom. The first kappa shape index (κ1) is 22.0. The van der Waals surface area contributed by atoms with Crippen LogP contribution in [0.25, 0.3) is 0 Å². The van der Waals surface area contributed by atoms with Crippen LogP contribution in [0, 0.1) is 0 Å². The van der Waals surface area contributed by atoms with Crippen LogP contribution in [0.1, 0.15) is 40.4 Å². The van der Waals surface area contributed by atoms with Crippen molar-refractivity contribution in [2.75, 3.05) is 5.32 Å². The van der Waals surface area contributed by atoms with Crippen LogP contribution in [-0.4, -0.2) is 16.7 Å². The van der Waals surface area contributed by atoms with Crippen molar-refractivity contribution in [1.82, 2.24) is 4.98 Å². The van der Waals surface area contributed by atoms with Crippen molar-refractivity contribution in [3.63, 3.8) is 0 Å². The summed E-state index contributed by atoms with van der Waals surface area (Å²) < 4.78 is 6.21. The second-order valence-corrected chi connectivity index (χ2v) is 7.54. The number of nitrogens with one attached hydrogen (secondary N) is 1. The number of amides is 1. The molecule has 0 radical (unpaired) electrons. The predicted octanol–water partition coefficient (Wildman–Crippen LogP) is 5.85. The molecule has 0 spiro atoms. The maximum absolute atomic E-state index is 12.3. The fourth-order valence-electron chi connectivity index (χ4n) is 3.45. The molecule has 0 saturated heterocycles. The van der Waals surface area contributed by atoms with Gasteiger partial charge in [0.1, 0.15) is 0 Å². The Morgan fingerprint density at radius 2 is 1.30 bits per heavy atom. The van der Waals surface area contributed by atoms with Crippen LogP contribution in [0.3, 0.4) is 0 Å². The van der Waals surface area contributed by atoms with Gasteiger partial charge < -0.3 is 10.1 Å². The number of benzene rings is 3. The number of Topliss-reactive ketones (excluding diaryl/α,β-unsaturated/α-hetero) is 1. The Morgan fingerprint density at radius 3 is 1.85 bits per heavy atom. The van der Waals surface area contributed by atoms with Crippen molar-refractivity contribution in [3.05, 3.63) is 126 Å². The van der Waals surface area contributed by atoms with Gasteiger partial charge in [0.05, 0.1) is 11.9 Å². The van der Waals surface area contributed by atoms with E-state index in [9.17, 15) is 9.59 Å². The molecule has 164 valence electrons. The normalized spacial score (nSPS) is 10.6. The average Bonchev–Trinajstić information content (AvgIpc) is 2.88. The van der Waals surface area contributed by atoms with Gasteiger partial charge in [-0.3, -0.25) is 9.59 Å². The average molecular weight is 437 g/mol. The maximum atomic E-state index is 12.3. The molecule has 0 aliphatic rings. The highest BCUT2D eigenvalue weighted by Crippen LogP contribution is 2.27. The van der Waals surface area contributed by atoms with Gasteiger partial charge in [-0.2, -0.15) is 0 Å². The summed E-state index contributed by atoms with van der Waals surface area (Å²) in [4.78, 5) is 28.8. The number of pyridine rings is 1. The van der Waals surface area contributed by atoms with E-state index in [0.29, 0.717) is 17.1 Å². The molecular weight excluding hydrogens is 412 g/mol. The first-order valence-electron chi connectivity index (χ1n) is 10.8. The maximum Gasteiger partial charge on any atom is 0.224 e. The number of carbonyl (C=O) groups excluding carboxylic acids is 2. The zero-order valence-corrected chi connectivity index (χ0v) is 18.1. The number of ketones is 1. The fraction of sp³-hybridized carbons (Fsp3) is 0.107. The Balaban J connectivity index is 1.37. The van der Waals surface area contributed by atoms with Crippen molar-refractivity contribution in [2.24, 2.45) is 0 Å². The van der Waals surface area contributed by atoms with Crippen molar-refractivity contribution < 1.29 is 14.3 Å². The summed E-state index contributed by atoms with van der Waals surface area (Å²) in [7, 11) is 0. The molecule has 0 fully saturated rings. The minimum Gasteiger partial charge on any atom is -0.465 e. The number of aromatic nitrogens is 1. The summed E-state index contributed by atoms with van der Waals surface area (Å²) in [6.07, 6.45) is 1.51. The third-order valence-corrected chi connectivity index (χ3v) is 5.14. The number of ether oxygens (including phenoxy) is 1. The van der Waals surface area contributed by atoms with Gasteiger partial charge in [0.2, 0.25) is 11.8 Å². The highest BCUT2D eigenvalue weighted by molar-refractivity contribution is 5.99. The Bertz CT molecular complexity index is 1140. The molecule has 0 aliphatic heterocycles. The van der Waals surface area contributed by atoms with Gasteiger partial charge in [0.25, 0.3) is 0 Å². The SMILES string of the molecule is O=C(CCC(=O)c1ccccc1)Nc1ccc(OC(c2ccccc2)c2ccccc2)nc1. The summed E-state index contributed by atoms with van der Waals surface area (Å²) in [6.45, 7) is 0. The van der Waals surface area contributed by atoms with Gasteiger partial charge in [0.15, 0.2) is 11.9 Å². The first-order chi connectivity index (χ1) is 16.2. The largest absolute Gasteiger partial charge is 0.465 e. The molecule has 1 amide bonds. The molecule has 1 heterocycles. The molecule has 0 atom stereocenters. The van der Waals surface area contributed by atoms with Crippen LogP contribution in [-0.2, 0) is 4.79 Å². The van der Waals surface area contributed by atoms with Crippen LogP contribution >= 0.6 is 0 Å². The molecule has 0 bridgehead atoms. The Hall–Kier alpha value is -4.25. The van der Waals surface area contributed by atoms with E-state index < -0.39 is 0 Å². The molecule has 3 aromatic carbocycles. The molecule has 4 rings (SSSR count). The fourth-order valence-corrected chi connectivity index (χ4v) is 3.45. The van der Waals surface area contributed by atoms with Gasteiger partial charge >= 0.3 is 0 Å². The molecule has 1 aromatic heterocycles. The number of anilines is 1. The quantitative estimate of drug-likeness (QED) is 0.334. The van der Waals surface area contributed by atoms with E-state index in [0.717, 1.165) is 11.1 Å². The van der Waals surface area contributed by atoms with Gasteiger partial charge in [-0.25, -0.2) is 4.98 Å². The van der Waals surface area contributed by atoms with Crippen LogP contribution in [0.15, 0.2) is 109 Å². The molecule has 4 aromatic rings. The van der Waals surface area contributed by atoms with Gasteiger partial charge in [0, 0.05) is 24.5 Å². The van der Waals surface area contributed by atoms with Crippen LogP contribution in [0.2, 0.25) is 0 Å². The Kier molecular flexibility index (Phi) is 7.23. The summed E-state index contributed by atoms with van der Waals surface area (Å²) in [5.41, 5.74) is 3.20. The zero-order valence-electron chi connectivity index (χ0n) is 18.1. The summed E-state index contributed by atoms with van der Waals surface area (Å²) >= 11 is 0. The lowest BCUT2D eigenvalue weighted by Gasteiger charge is -2.19. The van der Waals surface area contributed by atoms with E-state index in [4.69, 9.17) is 4.74 Å². The monoisotopic (exact) mass is 436 g/mol. The number of hydrogen-bond acceptors (Lipinski definition) is 4. The van der Waals surface area contributed by atoms with Crippen LogP contribution < -0.4 is 10.1 Å². The number of carbonyl (C=O) groups is 2. The lowest BCUT2D eigenvalue weighted by molar-refractivity contribution is -0.116. The molecule has 0 saturated carbocycles. The van der Waals surface area contributed by atoms with Gasteiger partial charge in [-0.05, 0) is 17.2 Å². The third-order valence-electron chi connectivity index (χ3n) is 5.14. The molecule has 5 nitrogen and oxygen atoms in total. The van der Waals surface area contributed by atoms with E-state index in [-0.39, 0.29) is 30.6 Å². The minimum atomic E-state index is -0.302. The number of nitrogens with zero attached hydrogens (tertiary/aromatic N) is 1. The summed E-state index contributed by atoms with van der Waals surface area (Å²) in [5.74, 6) is 0.159. The predicted molar refractivity (Wildman–Crippen MR) is 128 cm³/mol. The van der Waals surface area contributed by atoms with Crippen molar-refractivity contribution in [3.8, 4) is 5.88 Å². The highest BCUT2D eigenvalue weighted by atomic mass is 16.5. The smallest absolute Gasteiger partial charge is 0.224 e. The summed E-state index contributed by atoms with van der Waals surface area (Å²) in [5, 5.41) is 2.78. The minimum absolute atomic E-state index is 0.0551. The zero-order chi connectivity index (χ0) is 22.9. The second kappa shape index (κ2) is 10.9. The van der Waals surface area contributed by atoms with Crippen LogP contribution in [0.5, 0.6) is 5.88 Å². The van der Waals surface area contributed by atoms with Crippen molar-refractivity contribution >= 4 is 17.4 Å². The highest BCUT2D eigenvalue weighted by Gasteiger charge is 2.16. The van der Waals surface area contributed by atoms with E-state index in [1.807, 2.05) is 78.9 Å². The van der Waals surface area contributed by atoms with Crippen molar-refractivity contribution in [2.45, 2.75) is 18.9 Å². The van der Waals surface area contributed by atoms with Gasteiger partial charge in [-0.15, -0.1) is 0 Å². The summed E-state index contributed by atoms with van der Waals surface area (Å²) in [6, 6.07) is 32.3. The Labute approximate surface area is 193 Å². The lowest BCUT2D eigenvalue weighted by atomic mass is 10.0. The third kappa shape index (κ3) is 6.14. The van der Waals surface area contributed by atoms with E-state index in [2.05, 4.69) is 10.3 Å². The lowest BCUT2D eigenvalue weighted by Crippen LogP contribution is -2.14. The van der Waals surface area contributed by atoms with Crippen molar-refractivity contribution in [1.29, 1.82) is 0 Å². The second-order valence-electron chi connectivity index (χ2n) is 7.54. The van der Waals surface area contributed by atoms with Crippen LogP contribution in [0.4, 0.5) is 5.69 Å². The first-order valence-corrected chi connectivity index (χ1v) is 10.8. The number of rotatable bonds is 9. The molecule has 0 unspecified atom stereocenters.